The zero-order valence-electron chi connectivity index (χ0n) is 19.1. The van der Waals surface area contributed by atoms with Gasteiger partial charge in [0.2, 0.25) is 0 Å². The van der Waals surface area contributed by atoms with Gasteiger partial charge in [0.05, 0.1) is 11.5 Å². The second kappa shape index (κ2) is 10.4. The Morgan fingerprint density at radius 2 is 1.61 bits per heavy atom. The summed E-state index contributed by atoms with van der Waals surface area (Å²) in [4.78, 5) is 12.4. The summed E-state index contributed by atoms with van der Waals surface area (Å²) in [6.45, 7) is 7.82. The first-order valence-electron chi connectivity index (χ1n) is 10.5. The Morgan fingerprint density at radius 1 is 0.879 bits per heavy atom. The average molecular weight is 469 g/mol. The van der Waals surface area contributed by atoms with E-state index in [-0.39, 0.29) is 17.4 Å². The normalized spacial score (nSPS) is 11.0. The van der Waals surface area contributed by atoms with Crippen LogP contribution in [0.5, 0.6) is 11.5 Å². The van der Waals surface area contributed by atoms with Crippen molar-refractivity contribution >= 4 is 27.3 Å². The number of amides is 1. The first kappa shape index (κ1) is 24.1. The molecule has 33 heavy (non-hydrogen) atoms. The van der Waals surface area contributed by atoms with Gasteiger partial charge in [0.15, 0.2) is 6.61 Å². The Labute approximate surface area is 194 Å². The largest absolute Gasteiger partial charge is 0.494 e. The van der Waals surface area contributed by atoms with Crippen molar-refractivity contribution in [2.24, 2.45) is 0 Å². The van der Waals surface area contributed by atoms with Crippen molar-refractivity contribution in [3.63, 3.8) is 0 Å². The molecule has 3 rings (SSSR count). The molecular weight excluding hydrogens is 440 g/mol. The monoisotopic (exact) mass is 468 g/mol. The minimum Gasteiger partial charge on any atom is -0.494 e. The standard InChI is InChI=1S/C25H28N2O5S/c1-5-31-21-10-8-20(9-11-21)27-33(29,30)22-12-13-24(19(4)15-22)32-16-25(28)26-23-14-17(2)6-7-18(23)3/h6-15,27H,5,16H2,1-4H3,(H,26,28). The van der Waals surface area contributed by atoms with Crippen LogP contribution in [-0.4, -0.2) is 27.5 Å². The Kier molecular flexibility index (Phi) is 7.60. The molecule has 2 N–H and O–H groups in total. The minimum atomic E-state index is -3.78. The second-order valence-electron chi connectivity index (χ2n) is 7.65. The number of ether oxygens (including phenoxy) is 2. The molecule has 3 aromatic carbocycles. The summed E-state index contributed by atoms with van der Waals surface area (Å²) >= 11 is 0. The quantitative estimate of drug-likeness (QED) is 0.469. The van der Waals surface area contributed by atoms with Crippen LogP contribution < -0.4 is 19.5 Å². The smallest absolute Gasteiger partial charge is 0.262 e. The first-order valence-corrected chi connectivity index (χ1v) is 12.0. The summed E-state index contributed by atoms with van der Waals surface area (Å²) in [7, 11) is -3.78. The molecule has 174 valence electrons. The maximum atomic E-state index is 12.8. The fraction of sp³-hybridized carbons (Fsp3) is 0.240. The lowest BCUT2D eigenvalue weighted by Gasteiger charge is -2.13. The molecule has 0 saturated heterocycles. The van der Waals surface area contributed by atoms with Crippen LogP contribution in [-0.2, 0) is 14.8 Å². The van der Waals surface area contributed by atoms with E-state index in [4.69, 9.17) is 9.47 Å². The lowest BCUT2D eigenvalue weighted by molar-refractivity contribution is -0.118. The van der Waals surface area contributed by atoms with Crippen molar-refractivity contribution < 1.29 is 22.7 Å². The summed E-state index contributed by atoms with van der Waals surface area (Å²) in [6.07, 6.45) is 0. The lowest BCUT2D eigenvalue weighted by atomic mass is 10.1. The molecule has 1 amide bonds. The number of carbonyl (C=O) groups excluding carboxylic acids is 1. The number of carbonyl (C=O) groups is 1. The number of rotatable bonds is 9. The van der Waals surface area contributed by atoms with Crippen molar-refractivity contribution in [3.05, 3.63) is 77.4 Å². The number of benzene rings is 3. The van der Waals surface area contributed by atoms with Crippen LogP contribution in [0.25, 0.3) is 0 Å². The number of hydrogen-bond donors (Lipinski definition) is 2. The van der Waals surface area contributed by atoms with Crippen molar-refractivity contribution in [2.75, 3.05) is 23.3 Å². The topological polar surface area (TPSA) is 93.7 Å². The van der Waals surface area contributed by atoms with Crippen molar-refractivity contribution in [3.8, 4) is 11.5 Å². The summed E-state index contributed by atoms with van der Waals surface area (Å²) < 4.78 is 39.1. The molecule has 0 fully saturated rings. The second-order valence-corrected chi connectivity index (χ2v) is 9.33. The average Bonchev–Trinajstić information content (AvgIpc) is 2.77. The van der Waals surface area contributed by atoms with Crippen LogP contribution >= 0.6 is 0 Å². The molecular formula is C25H28N2O5S. The van der Waals surface area contributed by atoms with Gasteiger partial charge in [-0.2, -0.15) is 0 Å². The number of hydrogen-bond acceptors (Lipinski definition) is 5. The van der Waals surface area contributed by atoms with Crippen molar-refractivity contribution in [1.29, 1.82) is 0 Å². The molecule has 0 bridgehead atoms. The molecule has 0 aliphatic heterocycles. The van der Waals surface area contributed by atoms with Gasteiger partial charge in [-0.05, 0) is 92.9 Å². The van der Waals surface area contributed by atoms with Gasteiger partial charge in [0, 0.05) is 11.4 Å². The van der Waals surface area contributed by atoms with E-state index in [1.807, 2.05) is 39.0 Å². The highest BCUT2D eigenvalue weighted by molar-refractivity contribution is 7.92. The van der Waals surface area contributed by atoms with E-state index in [9.17, 15) is 13.2 Å². The van der Waals surface area contributed by atoms with Crippen LogP contribution in [0, 0.1) is 20.8 Å². The summed E-state index contributed by atoms with van der Waals surface area (Å²) in [5.74, 6) is 0.808. The first-order chi connectivity index (χ1) is 15.7. The van der Waals surface area contributed by atoms with Gasteiger partial charge in [-0.3, -0.25) is 9.52 Å². The fourth-order valence-electron chi connectivity index (χ4n) is 3.15. The third-order valence-electron chi connectivity index (χ3n) is 4.90. The van der Waals surface area contributed by atoms with E-state index in [0.29, 0.717) is 29.4 Å². The molecule has 3 aromatic rings. The number of aryl methyl sites for hydroxylation is 3. The molecule has 0 aromatic heterocycles. The molecule has 8 heteroatoms. The number of sulfonamides is 1. The highest BCUT2D eigenvalue weighted by Gasteiger charge is 2.16. The zero-order chi connectivity index (χ0) is 24.0. The SMILES string of the molecule is CCOc1ccc(NS(=O)(=O)c2ccc(OCC(=O)Nc3cc(C)ccc3C)c(C)c2)cc1. The maximum Gasteiger partial charge on any atom is 0.262 e. The van der Waals surface area contributed by atoms with Crippen LogP contribution in [0.2, 0.25) is 0 Å². The zero-order valence-corrected chi connectivity index (χ0v) is 20.0. The highest BCUT2D eigenvalue weighted by Crippen LogP contribution is 2.25. The van der Waals surface area contributed by atoms with E-state index in [1.54, 1.807) is 37.3 Å². The third-order valence-corrected chi connectivity index (χ3v) is 6.28. The molecule has 0 atom stereocenters. The van der Waals surface area contributed by atoms with Crippen LogP contribution in [0.1, 0.15) is 23.6 Å². The van der Waals surface area contributed by atoms with Gasteiger partial charge >= 0.3 is 0 Å². The predicted molar refractivity (Wildman–Crippen MR) is 130 cm³/mol. The summed E-state index contributed by atoms with van der Waals surface area (Å²) in [6, 6.07) is 17.0. The Balaban J connectivity index is 1.63. The van der Waals surface area contributed by atoms with Gasteiger partial charge in [0.1, 0.15) is 11.5 Å². The molecule has 0 spiro atoms. The van der Waals surface area contributed by atoms with Crippen LogP contribution in [0.15, 0.2) is 65.6 Å². The molecule has 0 radical (unpaired) electrons. The molecule has 0 saturated carbocycles. The fourth-order valence-corrected chi connectivity index (χ4v) is 4.29. The third kappa shape index (κ3) is 6.49. The molecule has 0 aliphatic carbocycles. The van der Waals surface area contributed by atoms with Crippen LogP contribution in [0.4, 0.5) is 11.4 Å². The highest BCUT2D eigenvalue weighted by atomic mass is 32.2. The minimum absolute atomic E-state index is 0.0982. The molecule has 0 heterocycles. The molecule has 0 aliphatic rings. The summed E-state index contributed by atoms with van der Waals surface area (Å²) in [5, 5.41) is 2.84. The van der Waals surface area contributed by atoms with E-state index in [0.717, 1.165) is 16.8 Å². The Bertz CT molecular complexity index is 1240. The molecule has 0 unspecified atom stereocenters. The van der Waals surface area contributed by atoms with Gasteiger partial charge < -0.3 is 14.8 Å². The van der Waals surface area contributed by atoms with E-state index in [1.165, 1.54) is 12.1 Å². The summed E-state index contributed by atoms with van der Waals surface area (Å²) in [5.41, 5.74) is 3.77. The van der Waals surface area contributed by atoms with E-state index in [2.05, 4.69) is 10.0 Å². The maximum absolute atomic E-state index is 12.8. The Hall–Kier alpha value is -3.52. The molecule has 7 nitrogen and oxygen atoms in total. The van der Waals surface area contributed by atoms with Gasteiger partial charge in [-0.1, -0.05) is 12.1 Å². The Morgan fingerprint density at radius 3 is 2.27 bits per heavy atom. The van der Waals surface area contributed by atoms with Gasteiger partial charge in [0.25, 0.3) is 15.9 Å². The van der Waals surface area contributed by atoms with Crippen molar-refractivity contribution in [1.82, 2.24) is 0 Å². The van der Waals surface area contributed by atoms with E-state index < -0.39 is 10.0 Å². The lowest BCUT2D eigenvalue weighted by Crippen LogP contribution is -2.21. The van der Waals surface area contributed by atoms with Gasteiger partial charge in [-0.25, -0.2) is 8.42 Å². The number of anilines is 2. The number of nitrogens with one attached hydrogen (secondary N) is 2. The predicted octanol–water partition coefficient (Wildman–Crippen LogP) is 4.83. The van der Waals surface area contributed by atoms with Crippen molar-refractivity contribution in [2.45, 2.75) is 32.6 Å². The van der Waals surface area contributed by atoms with Crippen LogP contribution in [0.3, 0.4) is 0 Å². The van der Waals surface area contributed by atoms with Gasteiger partial charge in [-0.15, -0.1) is 0 Å². The van der Waals surface area contributed by atoms with E-state index >= 15 is 0 Å².